The van der Waals surface area contributed by atoms with E-state index in [1.807, 2.05) is 13.1 Å². The number of piperidine rings is 1. The summed E-state index contributed by atoms with van der Waals surface area (Å²) in [5, 5.41) is 23.4. The zero-order valence-electron chi connectivity index (χ0n) is 20.3. The number of benzene rings is 1. The SMILES string of the molecule is CN(c1ccc(-c2cc3c(=O)n(C)c(=O)n(C)c3cc2O)nn1)C1CC(C)(C)NC(C)(C)C1. The molecular formula is C24H32N6O3. The summed E-state index contributed by atoms with van der Waals surface area (Å²) in [6.45, 7) is 8.86. The van der Waals surface area contributed by atoms with Gasteiger partial charge in [0.1, 0.15) is 5.75 Å². The van der Waals surface area contributed by atoms with Gasteiger partial charge in [-0.3, -0.25) is 13.9 Å². The number of phenols is 1. The van der Waals surface area contributed by atoms with Crippen molar-refractivity contribution in [2.24, 2.45) is 14.1 Å². The van der Waals surface area contributed by atoms with E-state index in [1.54, 1.807) is 19.2 Å². The second-order valence-electron chi connectivity index (χ2n) is 10.4. The first-order chi connectivity index (χ1) is 15.3. The summed E-state index contributed by atoms with van der Waals surface area (Å²) in [6, 6.07) is 6.97. The second kappa shape index (κ2) is 7.69. The minimum Gasteiger partial charge on any atom is -0.507 e. The van der Waals surface area contributed by atoms with E-state index in [-0.39, 0.29) is 16.8 Å². The van der Waals surface area contributed by atoms with Crippen molar-refractivity contribution in [3.63, 3.8) is 0 Å². The number of hydrogen-bond donors (Lipinski definition) is 2. The van der Waals surface area contributed by atoms with Crippen LogP contribution in [-0.2, 0) is 14.1 Å². The largest absolute Gasteiger partial charge is 0.507 e. The Kier molecular flexibility index (Phi) is 5.35. The number of aromatic hydroxyl groups is 1. The van der Waals surface area contributed by atoms with Crippen LogP contribution in [0, 0.1) is 0 Å². The fraction of sp³-hybridized carbons (Fsp3) is 0.500. The first kappa shape index (κ1) is 23.0. The van der Waals surface area contributed by atoms with Crippen LogP contribution >= 0.6 is 0 Å². The van der Waals surface area contributed by atoms with E-state index < -0.39 is 11.2 Å². The molecule has 0 radical (unpaired) electrons. The van der Waals surface area contributed by atoms with Gasteiger partial charge in [-0.05, 0) is 58.7 Å². The van der Waals surface area contributed by atoms with Crippen molar-refractivity contribution in [1.29, 1.82) is 0 Å². The topological polar surface area (TPSA) is 105 Å². The molecule has 4 rings (SSSR count). The molecule has 3 aromatic rings. The van der Waals surface area contributed by atoms with Crippen molar-refractivity contribution in [3.05, 3.63) is 45.1 Å². The van der Waals surface area contributed by atoms with Gasteiger partial charge in [-0.1, -0.05) is 0 Å². The summed E-state index contributed by atoms with van der Waals surface area (Å²) in [7, 11) is 5.03. The van der Waals surface area contributed by atoms with Crippen LogP contribution in [0.3, 0.4) is 0 Å². The molecule has 2 N–H and O–H groups in total. The highest BCUT2D eigenvalue weighted by Crippen LogP contribution is 2.34. The Labute approximate surface area is 192 Å². The third-order valence-electron chi connectivity index (χ3n) is 6.59. The van der Waals surface area contributed by atoms with Crippen molar-refractivity contribution in [2.45, 2.75) is 57.7 Å². The normalized spacial score (nSPS) is 17.9. The Morgan fingerprint density at radius 1 is 1.03 bits per heavy atom. The molecule has 0 spiro atoms. The minimum absolute atomic E-state index is 0.0111. The maximum absolute atomic E-state index is 12.6. The summed E-state index contributed by atoms with van der Waals surface area (Å²) >= 11 is 0. The zero-order valence-corrected chi connectivity index (χ0v) is 20.3. The number of rotatable bonds is 3. The van der Waals surface area contributed by atoms with Gasteiger partial charge in [0, 0.05) is 49.9 Å². The summed E-state index contributed by atoms with van der Waals surface area (Å²) in [4.78, 5) is 27.0. The summed E-state index contributed by atoms with van der Waals surface area (Å²) in [5.41, 5.74) is 0.363. The van der Waals surface area contributed by atoms with Crippen LogP contribution in [0.25, 0.3) is 22.2 Å². The van der Waals surface area contributed by atoms with E-state index >= 15 is 0 Å². The van der Waals surface area contributed by atoms with Crippen LogP contribution in [0.4, 0.5) is 5.82 Å². The molecule has 0 aliphatic carbocycles. The van der Waals surface area contributed by atoms with Crippen molar-refractivity contribution in [3.8, 4) is 17.0 Å². The molecule has 0 atom stereocenters. The van der Waals surface area contributed by atoms with Crippen LogP contribution in [0.2, 0.25) is 0 Å². The number of nitrogens with one attached hydrogen (secondary N) is 1. The van der Waals surface area contributed by atoms with Gasteiger partial charge in [-0.2, -0.15) is 0 Å². The lowest BCUT2D eigenvalue weighted by atomic mass is 9.79. The number of anilines is 1. The van der Waals surface area contributed by atoms with Gasteiger partial charge in [-0.15, -0.1) is 10.2 Å². The zero-order chi connectivity index (χ0) is 24.3. The smallest absolute Gasteiger partial charge is 0.330 e. The molecule has 1 saturated heterocycles. The Balaban J connectivity index is 1.69. The predicted octanol–water partition coefficient (Wildman–Crippen LogP) is 2.15. The molecule has 2 aromatic heterocycles. The monoisotopic (exact) mass is 452 g/mol. The molecule has 176 valence electrons. The van der Waals surface area contributed by atoms with Gasteiger partial charge < -0.3 is 15.3 Å². The molecule has 33 heavy (non-hydrogen) atoms. The number of fused-ring (bicyclic) bond motifs is 1. The fourth-order valence-corrected chi connectivity index (χ4v) is 5.21. The van der Waals surface area contributed by atoms with E-state index in [0.29, 0.717) is 28.2 Å². The number of phenolic OH excluding ortho intramolecular Hbond substituents is 1. The molecule has 0 bridgehead atoms. The third-order valence-corrected chi connectivity index (χ3v) is 6.59. The lowest BCUT2D eigenvalue weighted by molar-refractivity contribution is 0.160. The third kappa shape index (κ3) is 4.13. The van der Waals surface area contributed by atoms with Gasteiger partial charge in [0.25, 0.3) is 5.56 Å². The molecular weight excluding hydrogens is 420 g/mol. The molecule has 0 unspecified atom stereocenters. The Morgan fingerprint density at radius 2 is 1.67 bits per heavy atom. The van der Waals surface area contributed by atoms with Gasteiger partial charge in [0.05, 0.1) is 16.6 Å². The molecule has 1 aliphatic heterocycles. The van der Waals surface area contributed by atoms with Crippen LogP contribution in [0.1, 0.15) is 40.5 Å². The van der Waals surface area contributed by atoms with E-state index in [4.69, 9.17) is 0 Å². The first-order valence-corrected chi connectivity index (χ1v) is 11.1. The van der Waals surface area contributed by atoms with Crippen molar-refractivity contribution < 1.29 is 5.11 Å². The number of aromatic nitrogens is 4. The molecule has 0 saturated carbocycles. The van der Waals surface area contributed by atoms with Crippen LogP contribution < -0.4 is 21.5 Å². The fourth-order valence-electron chi connectivity index (χ4n) is 5.21. The molecule has 1 aliphatic rings. The molecule has 1 fully saturated rings. The summed E-state index contributed by atoms with van der Waals surface area (Å²) in [6.07, 6.45) is 1.95. The van der Waals surface area contributed by atoms with Crippen molar-refractivity contribution in [2.75, 3.05) is 11.9 Å². The number of aryl methyl sites for hydroxylation is 1. The van der Waals surface area contributed by atoms with Gasteiger partial charge in [0.15, 0.2) is 5.82 Å². The van der Waals surface area contributed by atoms with Crippen LogP contribution in [0.15, 0.2) is 33.9 Å². The molecule has 0 amide bonds. The van der Waals surface area contributed by atoms with Crippen molar-refractivity contribution in [1.82, 2.24) is 24.6 Å². The highest BCUT2D eigenvalue weighted by atomic mass is 16.3. The lowest BCUT2D eigenvalue weighted by Crippen LogP contribution is -2.62. The maximum atomic E-state index is 12.6. The van der Waals surface area contributed by atoms with Crippen LogP contribution in [0.5, 0.6) is 5.75 Å². The van der Waals surface area contributed by atoms with Gasteiger partial charge in [0.2, 0.25) is 0 Å². The van der Waals surface area contributed by atoms with E-state index in [9.17, 15) is 14.7 Å². The maximum Gasteiger partial charge on any atom is 0.330 e. The van der Waals surface area contributed by atoms with Gasteiger partial charge in [-0.25, -0.2) is 4.79 Å². The molecule has 9 heteroatoms. The van der Waals surface area contributed by atoms with E-state index in [2.05, 4.69) is 48.1 Å². The molecule has 1 aromatic carbocycles. The highest BCUT2D eigenvalue weighted by Gasteiger charge is 2.39. The Morgan fingerprint density at radius 3 is 2.24 bits per heavy atom. The molecule has 3 heterocycles. The van der Waals surface area contributed by atoms with E-state index in [0.717, 1.165) is 23.2 Å². The quantitative estimate of drug-likeness (QED) is 0.627. The standard InChI is InChI=1S/C24H32N6O3/c1-23(2)12-14(13-24(3,4)27-23)28(5)20-9-8-17(25-26-20)15-10-16-18(11-19(15)31)29(6)22(33)30(7)21(16)32/h8-11,14,27,31H,12-13H2,1-7H3. The lowest BCUT2D eigenvalue weighted by Gasteiger charge is -2.49. The predicted molar refractivity (Wildman–Crippen MR) is 130 cm³/mol. The summed E-state index contributed by atoms with van der Waals surface area (Å²) in [5.74, 6) is 0.679. The van der Waals surface area contributed by atoms with Crippen molar-refractivity contribution >= 4 is 16.7 Å². The Bertz CT molecular complexity index is 1320. The second-order valence-corrected chi connectivity index (χ2v) is 10.4. The average Bonchev–Trinajstić information content (AvgIpc) is 2.73. The van der Waals surface area contributed by atoms with E-state index in [1.165, 1.54) is 17.7 Å². The Hall–Kier alpha value is -3.20. The molecule has 9 nitrogen and oxygen atoms in total. The van der Waals surface area contributed by atoms with Gasteiger partial charge >= 0.3 is 5.69 Å². The van der Waals surface area contributed by atoms with Crippen LogP contribution in [-0.4, -0.2) is 48.6 Å². The first-order valence-electron chi connectivity index (χ1n) is 11.1. The summed E-state index contributed by atoms with van der Waals surface area (Å²) < 4.78 is 2.39. The average molecular weight is 453 g/mol. The number of nitrogens with zero attached hydrogens (tertiary/aromatic N) is 5. The highest BCUT2D eigenvalue weighted by molar-refractivity contribution is 5.87. The minimum atomic E-state index is -0.448. The number of hydrogen-bond acceptors (Lipinski definition) is 7.